The van der Waals surface area contributed by atoms with E-state index in [1.54, 1.807) is 0 Å². The van der Waals surface area contributed by atoms with Crippen molar-refractivity contribution < 1.29 is 0 Å². The molecule has 256 valence electrons. The first-order valence-electron chi connectivity index (χ1n) is 18.2. The summed E-state index contributed by atoms with van der Waals surface area (Å²) in [5.74, 6) is 1.02. The highest BCUT2D eigenvalue weighted by Gasteiger charge is 2.17. The summed E-state index contributed by atoms with van der Waals surface area (Å²) in [4.78, 5) is 9.30. The minimum atomic E-state index is 1.02. The topological polar surface area (TPSA) is 35.6 Å². The fourth-order valence-electron chi connectivity index (χ4n) is 8.27. The largest absolute Gasteiger partial charge is 0.309 e. The van der Waals surface area contributed by atoms with Crippen LogP contribution in [0.5, 0.6) is 0 Å². The smallest absolute Gasteiger partial charge is 0.155 e. The van der Waals surface area contributed by atoms with Crippen molar-refractivity contribution >= 4 is 107 Å². The number of fused-ring (bicyclic) bond motifs is 12. The van der Waals surface area contributed by atoms with Crippen LogP contribution < -0.4 is 0 Å². The van der Waals surface area contributed by atoms with E-state index in [1.807, 2.05) is 35.1 Å². The molecule has 0 aliphatic heterocycles. The number of para-hydroxylation sites is 4. The van der Waals surface area contributed by atoms with Crippen molar-refractivity contribution in [3.63, 3.8) is 0 Å². The first-order chi connectivity index (χ1) is 26.6. The normalized spacial score (nSPS) is 11.9. The average Bonchev–Trinajstić information content (AvgIpc) is 3.96. The summed E-state index contributed by atoms with van der Waals surface area (Å²) in [6.45, 7) is 4.24. The van der Waals surface area contributed by atoms with Crippen molar-refractivity contribution in [2.75, 3.05) is 0 Å². The number of aromatic nitrogens is 4. The lowest BCUT2D eigenvalue weighted by Gasteiger charge is -2.08. The van der Waals surface area contributed by atoms with Gasteiger partial charge in [0.05, 0.1) is 37.2 Å². The van der Waals surface area contributed by atoms with Gasteiger partial charge in [0, 0.05) is 70.6 Å². The van der Waals surface area contributed by atoms with Gasteiger partial charge in [-0.05, 0) is 80.6 Å². The van der Waals surface area contributed by atoms with Crippen LogP contribution in [0.2, 0.25) is 0 Å². The second kappa shape index (κ2) is 12.1. The van der Waals surface area contributed by atoms with Crippen LogP contribution in [0.4, 0.5) is 0 Å². The van der Waals surface area contributed by atoms with Crippen molar-refractivity contribution in [2.24, 2.45) is 0 Å². The van der Waals surface area contributed by atoms with E-state index in [-0.39, 0.29) is 0 Å². The molecule has 0 radical (unpaired) electrons. The molecule has 0 atom stereocenters. The van der Waals surface area contributed by atoms with E-state index >= 15 is 0 Å². The second-order valence-electron chi connectivity index (χ2n) is 13.9. The summed E-state index contributed by atoms with van der Waals surface area (Å²) >= 11 is 3.66. The molecule has 0 fully saturated rings. The third kappa shape index (κ3) is 4.67. The highest BCUT2D eigenvalue weighted by molar-refractivity contribution is 7.26. The molecule has 6 aromatic heterocycles. The summed E-state index contributed by atoms with van der Waals surface area (Å²) < 4.78 is 9.84. The van der Waals surface area contributed by atoms with Gasteiger partial charge in [-0.2, -0.15) is 0 Å². The SMILES string of the molecule is Cc1ccc2sc3c(-n4c5ccccc5c5ccccc54)nccc3c2c1.Cc1nccc2c1sc1ccc(-n3c4ccccc4c4ccccc43)cc12. The Labute approximate surface area is 318 Å². The molecule has 0 saturated heterocycles. The van der Waals surface area contributed by atoms with Crippen LogP contribution in [-0.4, -0.2) is 19.1 Å². The third-order valence-electron chi connectivity index (χ3n) is 10.7. The molecule has 0 unspecified atom stereocenters. The third-order valence-corrected chi connectivity index (χ3v) is 13.2. The van der Waals surface area contributed by atoms with Gasteiger partial charge in [0.15, 0.2) is 5.82 Å². The van der Waals surface area contributed by atoms with Crippen molar-refractivity contribution in [3.05, 3.63) is 169 Å². The van der Waals surface area contributed by atoms with Crippen molar-refractivity contribution in [1.29, 1.82) is 0 Å². The van der Waals surface area contributed by atoms with E-state index in [1.165, 1.54) is 95.2 Å². The Kier molecular flexibility index (Phi) is 6.99. The Morgan fingerprint density at radius 2 is 0.889 bits per heavy atom. The van der Waals surface area contributed by atoms with Crippen LogP contribution in [0.15, 0.2) is 158 Å². The van der Waals surface area contributed by atoms with E-state index in [2.05, 4.69) is 174 Å². The lowest BCUT2D eigenvalue weighted by molar-refractivity contribution is 1.11. The first kappa shape index (κ1) is 31.2. The molecular formula is C48H32N4S2. The first-order valence-corrected chi connectivity index (χ1v) is 19.8. The minimum absolute atomic E-state index is 1.02. The molecule has 0 N–H and O–H groups in total. The molecule has 6 heterocycles. The van der Waals surface area contributed by atoms with Crippen molar-refractivity contribution in [2.45, 2.75) is 13.8 Å². The summed E-state index contributed by atoms with van der Waals surface area (Å²) in [7, 11) is 0. The van der Waals surface area contributed by atoms with E-state index in [0.29, 0.717) is 0 Å². The summed E-state index contributed by atoms with van der Waals surface area (Å²) in [5.41, 5.74) is 8.49. The molecule has 0 spiro atoms. The number of nitrogens with zero attached hydrogens (tertiary/aromatic N) is 4. The number of hydrogen-bond acceptors (Lipinski definition) is 4. The fourth-order valence-corrected chi connectivity index (χ4v) is 10.6. The molecule has 54 heavy (non-hydrogen) atoms. The Bertz CT molecular complexity index is 3330. The Morgan fingerprint density at radius 1 is 0.407 bits per heavy atom. The molecule has 6 aromatic carbocycles. The van der Waals surface area contributed by atoms with Gasteiger partial charge in [0.2, 0.25) is 0 Å². The van der Waals surface area contributed by atoms with Gasteiger partial charge in [0.1, 0.15) is 0 Å². The van der Waals surface area contributed by atoms with Crippen LogP contribution >= 0.6 is 22.7 Å². The van der Waals surface area contributed by atoms with Gasteiger partial charge in [0.25, 0.3) is 0 Å². The molecule has 12 rings (SSSR count). The maximum absolute atomic E-state index is 4.84. The Balaban J connectivity index is 0.000000126. The highest BCUT2D eigenvalue weighted by atomic mass is 32.1. The summed E-state index contributed by atoms with van der Waals surface area (Å²) in [6.07, 6.45) is 3.85. The van der Waals surface area contributed by atoms with Crippen molar-refractivity contribution in [3.8, 4) is 11.5 Å². The van der Waals surface area contributed by atoms with Gasteiger partial charge < -0.3 is 4.57 Å². The van der Waals surface area contributed by atoms with Crippen LogP contribution in [0.1, 0.15) is 11.3 Å². The standard InChI is InChI=1S/2C24H16N2S/c1-15-24-19(12-13-25-15)20-14-16(10-11-23(20)27-24)26-21-8-4-2-6-17(21)18-7-3-5-9-22(18)26;1-15-10-11-22-19(14-15)18-12-13-25-24(23(18)27-22)26-20-8-4-2-6-16(20)17-7-3-5-9-21(17)26/h2*2-14H,1H3. The lowest BCUT2D eigenvalue weighted by atomic mass is 10.1. The number of benzene rings is 6. The molecule has 0 amide bonds. The molecule has 4 nitrogen and oxygen atoms in total. The Hall–Kier alpha value is -6.34. The molecule has 6 heteroatoms. The summed E-state index contributed by atoms with van der Waals surface area (Å²) in [6, 6.07) is 52.3. The zero-order valence-electron chi connectivity index (χ0n) is 29.6. The number of aryl methyl sites for hydroxylation is 2. The molecule has 0 aliphatic carbocycles. The van der Waals surface area contributed by atoms with E-state index in [9.17, 15) is 0 Å². The van der Waals surface area contributed by atoms with Gasteiger partial charge >= 0.3 is 0 Å². The quantitative estimate of drug-likeness (QED) is 0.178. The van der Waals surface area contributed by atoms with Crippen LogP contribution in [0, 0.1) is 13.8 Å². The van der Waals surface area contributed by atoms with Gasteiger partial charge in [-0.25, -0.2) is 4.98 Å². The Morgan fingerprint density at radius 3 is 1.50 bits per heavy atom. The van der Waals surface area contributed by atoms with Crippen LogP contribution in [0.3, 0.4) is 0 Å². The predicted molar refractivity (Wildman–Crippen MR) is 232 cm³/mol. The lowest BCUT2D eigenvalue weighted by Crippen LogP contribution is -1.96. The fraction of sp³-hybridized carbons (Fsp3) is 0.0417. The number of thiophene rings is 2. The number of rotatable bonds is 2. The summed E-state index contributed by atoms with van der Waals surface area (Å²) in [5, 5.41) is 10.3. The number of pyridine rings is 2. The molecule has 0 saturated carbocycles. The van der Waals surface area contributed by atoms with Crippen LogP contribution in [0.25, 0.3) is 95.5 Å². The minimum Gasteiger partial charge on any atom is -0.309 e. The van der Waals surface area contributed by atoms with Gasteiger partial charge in [-0.1, -0.05) is 84.4 Å². The predicted octanol–water partition coefficient (Wildman–Crippen LogP) is 13.7. The second-order valence-corrected chi connectivity index (χ2v) is 16.0. The zero-order chi connectivity index (χ0) is 35.9. The van der Waals surface area contributed by atoms with E-state index in [4.69, 9.17) is 4.98 Å². The maximum atomic E-state index is 4.84. The highest BCUT2D eigenvalue weighted by Crippen LogP contribution is 2.41. The van der Waals surface area contributed by atoms with Gasteiger partial charge in [-0.3, -0.25) is 9.55 Å². The zero-order valence-corrected chi connectivity index (χ0v) is 31.2. The molecule has 12 aromatic rings. The van der Waals surface area contributed by atoms with E-state index in [0.717, 1.165) is 11.5 Å². The number of hydrogen-bond donors (Lipinski definition) is 0. The molecule has 0 bridgehead atoms. The monoisotopic (exact) mass is 728 g/mol. The van der Waals surface area contributed by atoms with E-state index < -0.39 is 0 Å². The maximum Gasteiger partial charge on any atom is 0.155 e. The van der Waals surface area contributed by atoms with Crippen LogP contribution in [-0.2, 0) is 0 Å². The average molecular weight is 729 g/mol. The van der Waals surface area contributed by atoms with Gasteiger partial charge in [-0.15, -0.1) is 22.7 Å². The molecular weight excluding hydrogens is 697 g/mol. The molecule has 0 aliphatic rings. The van der Waals surface area contributed by atoms with Crippen molar-refractivity contribution in [1.82, 2.24) is 19.1 Å².